The van der Waals surface area contributed by atoms with E-state index in [4.69, 9.17) is 9.47 Å². The Morgan fingerprint density at radius 1 is 1.27 bits per heavy atom. The lowest BCUT2D eigenvalue weighted by Gasteiger charge is -2.20. The van der Waals surface area contributed by atoms with E-state index in [1.54, 1.807) is 42.5 Å². The molecule has 0 aromatic heterocycles. The van der Waals surface area contributed by atoms with Gasteiger partial charge in [-0.3, -0.25) is 4.79 Å². The summed E-state index contributed by atoms with van der Waals surface area (Å²) in [4.78, 5) is 11.4. The van der Waals surface area contributed by atoms with Gasteiger partial charge in [-0.15, -0.1) is 0 Å². The van der Waals surface area contributed by atoms with E-state index in [0.717, 1.165) is 5.56 Å². The molecule has 1 aliphatic heterocycles. The molecule has 0 unspecified atom stereocenters. The van der Waals surface area contributed by atoms with E-state index in [1.165, 1.54) is 0 Å². The molecule has 4 N–H and O–H groups in total. The molecule has 1 aliphatic rings. The van der Waals surface area contributed by atoms with Crippen LogP contribution in [0.3, 0.4) is 0 Å². The van der Waals surface area contributed by atoms with Crippen LogP contribution < -0.4 is 20.1 Å². The number of aromatic hydroxyl groups is 1. The van der Waals surface area contributed by atoms with Crippen LogP contribution in [0, 0.1) is 0 Å². The second kappa shape index (κ2) is 8.07. The summed E-state index contributed by atoms with van der Waals surface area (Å²) in [6, 6.07) is 11.7. The number of phenols is 1. The monoisotopic (exact) mass is 358 g/mol. The molecule has 7 nitrogen and oxygen atoms in total. The minimum Gasteiger partial charge on any atom is -0.508 e. The molecule has 0 saturated carbocycles. The molecule has 0 spiro atoms. The van der Waals surface area contributed by atoms with Crippen LogP contribution in [0.5, 0.6) is 17.2 Å². The largest absolute Gasteiger partial charge is 0.508 e. The Morgan fingerprint density at radius 3 is 2.81 bits per heavy atom. The van der Waals surface area contributed by atoms with Crippen molar-refractivity contribution in [3.63, 3.8) is 0 Å². The second-order valence-electron chi connectivity index (χ2n) is 6.22. The first-order chi connectivity index (χ1) is 12.5. The number of carbonyl (C=O) groups excluding carboxylic acids is 1. The molecule has 0 radical (unpaired) electrons. The van der Waals surface area contributed by atoms with Crippen molar-refractivity contribution in [2.24, 2.45) is 0 Å². The first-order valence-electron chi connectivity index (χ1n) is 8.41. The highest BCUT2D eigenvalue weighted by molar-refractivity contribution is 5.95. The van der Waals surface area contributed by atoms with Crippen molar-refractivity contribution in [2.45, 2.75) is 19.1 Å². The van der Waals surface area contributed by atoms with Gasteiger partial charge in [0.15, 0.2) is 6.61 Å². The average Bonchev–Trinajstić information content (AvgIpc) is 2.64. The molecule has 2 atom stereocenters. The second-order valence-corrected chi connectivity index (χ2v) is 6.22. The lowest BCUT2D eigenvalue weighted by molar-refractivity contribution is -0.118. The van der Waals surface area contributed by atoms with E-state index in [2.05, 4.69) is 10.6 Å². The molecule has 3 rings (SSSR count). The number of phenolic OH excluding ortho intramolecular Hbond substituents is 1. The van der Waals surface area contributed by atoms with Gasteiger partial charge in [0.05, 0.1) is 11.8 Å². The number of benzene rings is 2. The lowest BCUT2D eigenvalue weighted by atomic mass is 10.1. The van der Waals surface area contributed by atoms with Gasteiger partial charge in [0, 0.05) is 18.7 Å². The van der Waals surface area contributed by atoms with E-state index in [0.29, 0.717) is 30.3 Å². The fraction of sp³-hybridized carbons (Fsp3) is 0.316. The Kier molecular flexibility index (Phi) is 5.60. The molecule has 2 aromatic carbocycles. The first-order valence-corrected chi connectivity index (χ1v) is 8.41. The number of rotatable bonds is 7. The fourth-order valence-electron chi connectivity index (χ4n) is 2.56. The van der Waals surface area contributed by atoms with Crippen molar-refractivity contribution in [3.8, 4) is 17.2 Å². The maximum absolute atomic E-state index is 11.4. The van der Waals surface area contributed by atoms with Gasteiger partial charge in [-0.25, -0.2) is 0 Å². The normalized spacial score (nSPS) is 15.4. The number of hydrogen-bond acceptors (Lipinski definition) is 6. The van der Waals surface area contributed by atoms with Crippen LogP contribution in [0.4, 0.5) is 5.69 Å². The zero-order valence-electron chi connectivity index (χ0n) is 14.4. The molecule has 1 amide bonds. The first kappa shape index (κ1) is 18.0. The zero-order valence-corrected chi connectivity index (χ0v) is 14.4. The Bertz CT molecular complexity index is 763. The average molecular weight is 358 g/mol. The highest BCUT2D eigenvalue weighted by atomic mass is 16.5. The summed E-state index contributed by atoms with van der Waals surface area (Å²) in [5.74, 6) is 1.23. The quantitative estimate of drug-likeness (QED) is 0.602. The molecule has 7 heteroatoms. The van der Waals surface area contributed by atoms with Crippen LogP contribution in [-0.2, 0) is 4.79 Å². The minimum absolute atomic E-state index is 0.00337. The molecule has 26 heavy (non-hydrogen) atoms. The van der Waals surface area contributed by atoms with Gasteiger partial charge < -0.3 is 30.3 Å². The predicted molar refractivity (Wildman–Crippen MR) is 96.6 cm³/mol. The van der Waals surface area contributed by atoms with Crippen LogP contribution >= 0.6 is 0 Å². The zero-order chi connectivity index (χ0) is 18.5. The van der Waals surface area contributed by atoms with Gasteiger partial charge in [-0.05, 0) is 36.8 Å². The third-order valence-electron chi connectivity index (χ3n) is 4.02. The predicted octanol–water partition coefficient (Wildman–Crippen LogP) is 1.81. The number of aliphatic hydroxyl groups is 1. The number of amides is 1. The maximum atomic E-state index is 11.4. The van der Waals surface area contributed by atoms with E-state index >= 15 is 0 Å². The molecule has 0 saturated heterocycles. The molecule has 0 bridgehead atoms. The lowest BCUT2D eigenvalue weighted by Crippen LogP contribution is -2.35. The number of nitrogens with one attached hydrogen (secondary N) is 2. The number of anilines is 1. The highest BCUT2D eigenvalue weighted by Crippen LogP contribution is 2.31. The summed E-state index contributed by atoms with van der Waals surface area (Å²) in [6.45, 7) is 2.74. The van der Waals surface area contributed by atoms with Crippen molar-refractivity contribution >= 4 is 11.6 Å². The van der Waals surface area contributed by atoms with Gasteiger partial charge in [0.25, 0.3) is 5.91 Å². The van der Waals surface area contributed by atoms with Crippen LogP contribution in [-0.4, -0.2) is 41.9 Å². The molecular weight excluding hydrogens is 336 g/mol. The van der Waals surface area contributed by atoms with Crippen molar-refractivity contribution < 1.29 is 24.5 Å². The summed E-state index contributed by atoms with van der Waals surface area (Å²) in [6.07, 6.45) is -0.672. The third kappa shape index (κ3) is 4.65. The van der Waals surface area contributed by atoms with E-state index in [1.807, 2.05) is 6.92 Å². The number of ether oxygens (including phenoxy) is 2. The van der Waals surface area contributed by atoms with Crippen LogP contribution in [0.15, 0.2) is 42.5 Å². The molecule has 2 aromatic rings. The van der Waals surface area contributed by atoms with Gasteiger partial charge in [-0.1, -0.05) is 12.1 Å². The summed E-state index contributed by atoms with van der Waals surface area (Å²) < 4.78 is 11.0. The van der Waals surface area contributed by atoms with Crippen molar-refractivity contribution in [1.82, 2.24) is 5.32 Å². The molecule has 0 aliphatic carbocycles. The Morgan fingerprint density at radius 2 is 2.04 bits per heavy atom. The van der Waals surface area contributed by atoms with Crippen molar-refractivity contribution in [3.05, 3.63) is 48.0 Å². The Hall–Kier alpha value is -2.77. The van der Waals surface area contributed by atoms with Gasteiger partial charge in [-0.2, -0.15) is 0 Å². The maximum Gasteiger partial charge on any atom is 0.262 e. The van der Waals surface area contributed by atoms with E-state index < -0.39 is 6.10 Å². The number of fused-ring (bicyclic) bond motifs is 1. The smallest absolute Gasteiger partial charge is 0.262 e. The molecule has 1 heterocycles. The standard InChI is InChI=1S/C19H22N2O5/c1-12(20-9-17(23)13-2-4-14(22)5-3-13)10-25-15-6-7-18-16(8-15)21-19(24)11-26-18/h2-8,12,17,20,22-23H,9-11H2,1H3,(H,21,24)/t12-,17+/m1/s1. The Balaban J connectivity index is 1.46. The van der Waals surface area contributed by atoms with Crippen LogP contribution in [0.1, 0.15) is 18.6 Å². The fourth-order valence-corrected chi connectivity index (χ4v) is 2.56. The van der Waals surface area contributed by atoms with Gasteiger partial charge in [0.2, 0.25) is 0 Å². The van der Waals surface area contributed by atoms with Crippen LogP contribution in [0.2, 0.25) is 0 Å². The molecular formula is C19H22N2O5. The van der Waals surface area contributed by atoms with E-state index in [-0.39, 0.29) is 24.3 Å². The topological polar surface area (TPSA) is 100 Å². The number of aliphatic hydroxyl groups excluding tert-OH is 1. The van der Waals surface area contributed by atoms with Gasteiger partial charge in [0.1, 0.15) is 23.9 Å². The summed E-state index contributed by atoms with van der Waals surface area (Å²) in [5.41, 5.74) is 1.33. The highest BCUT2D eigenvalue weighted by Gasteiger charge is 2.16. The number of carbonyl (C=O) groups is 1. The SMILES string of the molecule is C[C@H](COc1ccc2c(c1)NC(=O)CO2)NC[C@H](O)c1ccc(O)cc1. The minimum atomic E-state index is -0.672. The summed E-state index contributed by atoms with van der Waals surface area (Å²) in [7, 11) is 0. The Labute approximate surface area is 151 Å². The summed E-state index contributed by atoms with van der Waals surface area (Å²) in [5, 5.41) is 25.4. The van der Waals surface area contributed by atoms with Crippen LogP contribution in [0.25, 0.3) is 0 Å². The number of hydrogen-bond donors (Lipinski definition) is 4. The van der Waals surface area contributed by atoms with E-state index in [9.17, 15) is 15.0 Å². The third-order valence-corrected chi connectivity index (χ3v) is 4.02. The molecule has 0 fully saturated rings. The summed E-state index contributed by atoms with van der Waals surface area (Å²) >= 11 is 0. The molecule has 138 valence electrons. The van der Waals surface area contributed by atoms with Crippen molar-refractivity contribution in [1.29, 1.82) is 0 Å². The van der Waals surface area contributed by atoms with Gasteiger partial charge >= 0.3 is 0 Å². The van der Waals surface area contributed by atoms with Crippen molar-refractivity contribution in [2.75, 3.05) is 25.1 Å².